The van der Waals surface area contributed by atoms with E-state index in [4.69, 9.17) is 16.3 Å². The number of amides is 1. The molecule has 2 heterocycles. The number of hydrogen-bond acceptors (Lipinski definition) is 3. The van der Waals surface area contributed by atoms with Crippen LogP contribution in [-0.2, 0) is 11.8 Å². The van der Waals surface area contributed by atoms with Gasteiger partial charge in [0.1, 0.15) is 5.69 Å². The third-order valence-electron chi connectivity index (χ3n) is 4.06. The van der Waals surface area contributed by atoms with Crippen LogP contribution in [0.3, 0.4) is 0 Å². The van der Waals surface area contributed by atoms with Crippen molar-refractivity contribution in [3.05, 3.63) is 35.0 Å². The molecule has 1 aromatic carbocycles. The summed E-state index contributed by atoms with van der Waals surface area (Å²) < 4.78 is 7.19. The number of nitrogens with zero attached hydrogens (tertiary/aromatic N) is 2. The number of benzene rings is 1. The van der Waals surface area contributed by atoms with E-state index in [2.05, 4.69) is 10.2 Å². The van der Waals surface area contributed by atoms with Crippen molar-refractivity contribution in [1.82, 2.24) is 14.8 Å². The topological polar surface area (TPSA) is 46.5 Å². The number of carbonyl (C=O) groups is 1. The third-order valence-corrected chi connectivity index (χ3v) is 4.29. The molecule has 0 atom stereocenters. The first-order valence-electron chi connectivity index (χ1n) is 7.48. The van der Waals surface area contributed by atoms with Gasteiger partial charge in [-0.1, -0.05) is 17.7 Å². The Hall–Kier alpha value is -1.56. The number of morpholine rings is 1. The third kappa shape index (κ3) is 3.27. The first-order valence-corrected chi connectivity index (χ1v) is 7.86. The molecule has 5 nitrogen and oxygen atoms in total. The van der Waals surface area contributed by atoms with Crippen LogP contribution in [0.25, 0.3) is 10.9 Å². The number of rotatable bonds is 4. The predicted molar refractivity (Wildman–Crippen MR) is 87.5 cm³/mol. The molecule has 0 aliphatic carbocycles. The highest BCUT2D eigenvalue weighted by Crippen LogP contribution is 2.22. The van der Waals surface area contributed by atoms with Crippen molar-refractivity contribution < 1.29 is 9.53 Å². The number of carbonyl (C=O) groups excluding carboxylic acids is 1. The summed E-state index contributed by atoms with van der Waals surface area (Å²) in [6.45, 7) is 4.91. The quantitative estimate of drug-likeness (QED) is 0.935. The number of halogens is 1. The first kappa shape index (κ1) is 15.3. The van der Waals surface area contributed by atoms with Crippen LogP contribution < -0.4 is 5.32 Å². The Kier molecular flexibility index (Phi) is 4.66. The molecule has 0 unspecified atom stereocenters. The van der Waals surface area contributed by atoms with Gasteiger partial charge in [-0.25, -0.2) is 0 Å². The zero-order valence-electron chi connectivity index (χ0n) is 12.6. The van der Waals surface area contributed by atoms with Crippen LogP contribution in [0.15, 0.2) is 24.3 Å². The summed E-state index contributed by atoms with van der Waals surface area (Å²) in [5.41, 5.74) is 1.62. The number of aromatic nitrogens is 1. The van der Waals surface area contributed by atoms with Crippen LogP contribution in [0, 0.1) is 0 Å². The fourth-order valence-electron chi connectivity index (χ4n) is 2.76. The Balaban J connectivity index is 1.63. The van der Waals surface area contributed by atoms with Gasteiger partial charge in [0.25, 0.3) is 5.91 Å². The van der Waals surface area contributed by atoms with Crippen LogP contribution in [0.1, 0.15) is 10.5 Å². The second-order valence-corrected chi connectivity index (χ2v) is 5.94. The van der Waals surface area contributed by atoms with Crippen molar-refractivity contribution in [2.75, 3.05) is 39.4 Å². The number of fused-ring (bicyclic) bond motifs is 1. The zero-order valence-corrected chi connectivity index (χ0v) is 13.4. The van der Waals surface area contributed by atoms with Crippen LogP contribution in [-0.4, -0.2) is 54.8 Å². The van der Waals surface area contributed by atoms with Crippen molar-refractivity contribution in [2.24, 2.45) is 7.05 Å². The van der Waals surface area contributed by atoms with E-state index >= 15 is 0 Å². The van der Waals surface area contributed by atoms with E-state index in [-0.39, 0.29) is 5.91 Å². The highest BCUT2D eigenvalue weighted by atomic mass is 35.5. The zero-order chi connectivity index (χ0) is 15.5. The van der Waals surface area contributed by atoms with Crippen LogP contribution in [0.5, 0.6) is 0 Å². The fraction of sp³-hybridized carbons (Fsp3) is 0.438. The summed E-state index contributed by atoms with van der Waals surface area (Å²) in [5, 5.41) is 4.68. The van der Waals surface area contributed by atoms with Gasteiger partial charge in [0.15, 0.2) is 0 Å². The van der Waals surface area contributed by atoms with E-state index < -0.39 is 0 Å². The summed E-state index contributed by atoms with van der Waals surface area (Å²) >= 11 is 6.02. The molecular formula is C16H20ClN3O2. The molecule has 1 fully saturated rings. The van der Waals surface area contributed by atoms with Gasteiger partial charge in [-0.2, -0.15) is 0 Å². The highest BCUT2D eigenvalue weighted by Gasteiger charge is 2.14. The molecule has 22 heavy (non-hydrogen) atoms. The molecule has 1 N–H and O–H groups in total. The first-order chi connectivity index (χ1) is 10.6. The van der Waals surface area contributed by atoms with E-state index in [1.807, 2.05) is 35.9 Å². The van der Waals surface area contributed by atoms with Gasteiger partial charge < -0.3 is 14.6 Å². The molecule has 0 saturated carbocycles. The summed E-state index contributed by atoms with van der Waals surface area (Å²) in [4.78, 5) is 14.7. The molecular weight excluding hydrogens is 302 g/mol. The smallest absolute Gasteiger partial charge is 0.267 e. The number of hydrogen-bond donors (Lipinski definition) is 1. The molecule has 0 radical (unpaired) electrons. The normalized spacial score (nSPS) is 16.1. The molecule has 1 amide bonds. The van der Waals surface area contributed by atoms with Crippen LogP contribution in [0.4, 0.5) is 0 Å². The summed E-state index contributed by atoms with van der Waals surface area (Å²) in [5.74, 6) is -0.0527. The minimum Gasteiger partial charge on any atom is -0.379 e. The molecule has 0 spiro atoms. The van der Waals surface area contributed by atoms with Crippen molar-refractivity contribution in [3.8, 4) is 0 Å². The van der Waals surface area contributed by atoms with Gasteiger partial charge in [-0.3, -0.25) is 9.69 Å². The molecule has 6 heteroatoms. The standard InChI is InChI=1S/C16H20ClN3O2/c1-19-14-11-13(17)3-2-12(14)10-15(19)16(21)18-4-5-20-6-8-22-9-7-20/h2-3,10-11H,4-9H2,1H3,(H,18,21). The lowest BCUT2D eigenvalue weighted by molar-refractivity contribution is 0.0383. The fourth-order valence-corrected chi connectivity index (χ4v) is 2.93. The van der Waals surface area contributed by atoms with E-state index in [1.165, 1.54) is 0 Å². The Morgan fingerprint density at radius 2 is 2.09 bits per heavy atom. The maximum Gasteiger partial charge on any atom is 0.267 e. The SMILES string of the molecule is Cn1c(C(=O)NCCN2CCOCC2)cc2ccc(Cl)cc21. The van der Waals surface area contributed by atoms with Gasteiger partial charge in [-0.05, 0) is 18.2 Å². The van der Waals surface area contributed by atoms with Crippen molar-refractivity contribution >= 4 is 28.4 Å². The maximum atomic E-state index is 12.4. The lowest BCUT2D eigenvalue weighted by atomic mass is 10.2. The molecule has 1 aromatic heterocycles. The minimum absolute atomic E-state index is 0.0527. The van der Waals surface area contributed by atoms with Gasteiger partial charge in [-0.15, -0.1) is 0 Å². The van der Waals surface area contributed by atoms with Gasteiger partial charge in [0, 0.05) is 49.2 Å². The second kappa shape index (κ2) is 6.69. The number of nitrogens with one attached hydrogen (secondary N) is 1. The average Bonchev–Trinajstić information content (AvgIpc) is 2.85. The molecule has 2 aromatic rings. The average molecular weight is 322 g/mol. The summed E-state index contributed by atoms with van der Waals surface area (Å²) in [6, 6.07) is 7.54. The Morgan fingerprint density at radius 3 is 2.86 bits per heavy atom. The predicted octanol–water partition coefficient (Wildman–Crippen LogP) is 1.89. The molecule has 1 aliphatic heterocycles. The second-order valence-electron chi connectivity index (χ2n) is 5.50. The lowest BCUT2D eigenvalue weighted by Crippen LogP contribution is -2.41. The Labute approximate surface area is 134 Å². The maximum absolute atomic E-state index is 12.4. The van der Waals surface area contributed by atoms with E-state index in [0.717, 1.165) is 43.8 Å². The van der Waals surface area contributed by atoms with Gasteiger partial charge in [0.05, 0.1) is 13.2 Å². The molecule has 1 aliphatic rings. The largest absolute Gasteiger partial charge is 0.379 e. The van der Waals surface area contributed by atoms with Crippen molar-refractivity contribution in [3.63, 3.8) is 0 Å². The molecule has 1 saturated heterocycles. The number of aryl methyl sites for hydroxylation is 1. The number of ether oxygens (including phenoxy) is 1. The van der Waals surface area contributed by atoms with Crippen molar-refractivity contribution in [1.29, 1.82) is 0 Å². The van der Waals surface area contributed by atoms with E-state index in [1.54, 1.807) is 0 Å². The molecule has 118 valence electrons. The summed E-state index contributed by atoms with van der Waals surface area (Å²) in [7, 11) is 1.88. The Morgan fingerprint density at radius 1 is 1.32 bits per heavy atom. The summed E-state index contributed by atoms with van der Waals surface area (Å²) in [6.07, 6.45) is 0. The highest BCUT2D eigenvalue weighted by molar-refractivity contribution is 6.31. The lowest BCUT2D eigenvalue weighted by Gasteiger charge is -2.26. The van der Waals surface area contributed by atoms with E-state index in [0.29, 0.717) is 17.3 Å². The van der Waals surface area contributed by atoms with Crippen LogP contribution in [0.2, 0.25) is 5.02 Å². The molecule has 3 rings (SSSR count). The van der Waals surface area contributed by atoms with Crippen molar-refractivity contribution in [2.45, 2.75) is 0 Å². The Bertz CT molecular complexity index is 677. The van der Waals surface area contributed by atoms with E-state index in [9.17, 15) is 4.79 Å². The minimum atomic E-state index is -0.0527. The monoisotopic (exact) mass is 321 g/mol. The van der Waals surface area contributed by atoms with Crippen LogP contribution >= 0.6 is 11.6 Å². The molecule has 0 bridgehead atoms. The van der Waals surface area contributed by atoms with Gasteiger partial charge in [0.2, 0.25) is 0 Å². The van der Waals surface area contributed by atoms with Gasteiger partial charge >= 0.3 is 0 Å².